The Hall–Kier alpha value is -4.79. The average molecular weight is 496 g/mol. The lowest BCUT2D eigenvalue weighted by molar-refractivity contribution is -0.129. The maximum atomic E-state index is 13.1. The number of carbonyl (C=O) groups excluding carboxylic acids is 3. The van der Waals surface area contributed by atoms with Gasteiger partial charge in [-0.1, -0.05) is 78.9 Å². The highest BCUT2D eigenvalue weighted by molar-refractivity contribution is 6.05. The molecular formula is C28H25N5O4. The van der Waals surface area contributed by atoms with E-state index in [0.29, 0.717) is 17.3 Å². The van der Waals surface area contributed by atoms with Gasteiger partial charge >= 0.3 is 0 Å². The van der Waals surface area contributed by atoms with Gasteiger partial charge < -0.3 is 4.90 Å². The summed E-state index contributed by atoms with van der Waals surface area (Å²) in [7, 11) is 0. The van der Waals surface area contributed by atoms with Gasteiger partial charge in [0.2, 0.25) is 11.8 Å². The number of nitrogens with one attached hydrogen (secondary N) is 2. The molecule has 0 spiro atoms. The zero-order valence-corrected chi connectivity index (χ0v) is 20.0. The van der Waals surface area contributed by atoms with Gasteiger partial charge in [0.25, 0.3) is 11.5 Å². The quantitative estimate of drug-likeness (QED) is 0.399. The highest BCUT2D eigenvalue weighted by Crippen LogP contribution is 2.20. The van der Waals surface area contributed by atoms with Crippen molar-refractivity contribution in [3.63, 3.8) is 0 Å². The Morgan fingerprint density at radius 1 is 0.784 bits per heavy atom. The number of benzene rings is 3. The Balaban J connectivity index is 1.29. The SMILES string of the molecule is O=C(NNC(=O)[C@@H]1CC(=O)N(Cc2ccccc2)C1)c1nn(Cc2ccccc2)c(=O)c2ccccc12. The molecule has 3 amide bonds. The number of aromatic nitrogens is 2. The third-order valence-electron chi connectivity index (χ3n) is 6.36. The molecule has 1 saturated heterocycles. The van der Waals surface area contributed by atoms with Crippen LogP contribution in [0.5, 0.6) is 0 Å². The minimum absolute atomic E-state index is 0.0135. The molecule has 1 fully saturated rings. The number of hydrogen-bond donors (Lipinski definition) is 2. The summed E-state index contributed by atoms with van der Waals surface area (Å²) in [6.45, 7) is 0.881. The van der Waals surface area contributed by atoms with Crippen molar-refractivity contribution in [2.24, 2.45) is 5.92 Å². The Bertz CT molecular complexity index is 1520. The van der Waals surface area contributed by atoms with E-state index in [2.05, 4.69) is 16.0 Å². The molecule has 0 saturated carbocycles. The number of hydrogen-bond acceptors (Lipinski definition) is 5. The van der Waals surface area contributed by atoms with E-state index in [0.717, 1.165) is 11.1 Å². The van der Waals surface area contributed by atoms with Crippen LogP contribution in [0.1, 0.15) is 28.0 Å². The minimum atomic E-state index is -0.656. The third-order valence-corrected chi connectivity index (χ3v) is 6.36. The summed E-state index contributed by atoms with van der Waals surface area (Å²) in [5, 5.41) is 5.05. The first-order valence-corrected chi connectivity index (χ1v) is 12.0. The molecule has 1 aliphatic heterocycles. The van der Waals surface area contributed by atoms with Crippen LogP contribution in [-0.4, -0.2) is 38.9 Å². The fraction of sp³-hybridized carbons (Fsp3) is 0.179. The Kier molecular flexibility index (Phi) is 6.76. The zero-order chi connectivity index (χ0) is 25.8. The molecule has 1 aliphatic rings. The van der Waals surface area contributed by atoms with E-state index in [1.165, 1.54) is 4.68 Å². The molecule has 0 bridgehead atoms. The van der Waals surface area contributed by atoms with E-state index < -0.39 is 17.7 Å². The summed E-state index contributed by atoms with van der Waals surface area (Å²) in [6.07, 6.45) is 0.0671. The molecule has 2 N–H and O–H groups in total. The maximum absolute atomic E-state index is 13.1. The summed E-state index contributed by atoms with van der Waals surface area (Å²) in [6, 6.07) is 25.6. The van der Waals surface area contributed by atoms with Gasteiger partial charge in [0.15, 0.2) is 5.69 Å². The van der Waals surface area contributed by atoms with Gasteiger partial charge in [-0.15, -0.1) is 0 Å². The molecule has 0 aliphatic carbocycles. The zero-order valence-electron chi connectivity index (χ0n) is 20.0. The number of carbonyl (C=O) groups is 3. The van der Waals surface area contributed by atoms with Crippen LogP contribution in [0.15, 0.2) is 89.7 Å². The van der Waals surface area contributed by atoms with E-state index in [4.69, 9.17) is 0 Å². The molecule has 1 atom stereocenters. The van der Waals surface area contributed by atoms with Crippen LogP contribution in [0, 0.1) is 5.92 Å². The summed E-state index contributed by atoms with van der Waals surface area (Å²) in [5.74, 6) is -1.82. The molecule has 5 rings (SSSR count). The maximum Gasteiger partial charge on any atom is 0.290 e. The summed E-state index contributed by atoms with van der Waals surface area (Å²) in [5.41, 5.74) is 6.38. The Morgan fingerprint density at radius 3 is 2.05 bits per heavy atom. The van der Waals surface area contributed by atoms with Crippen molar-refractivity contribution in [1.29, 1.82) is 0 Å². The number of amides is 3. The van der Waals surface area contributed by atoms with Crippen molar-refractivity contribution in [3.8, 4) is 0 Å². The Morgan fingerprint density at radius 2 is 1.38 bits per heavy atom. The first-order valence-electron chi connectivity index (χ1n) is 12.0. The molecule has 2 heterocycles. The standard InChI is InChI=1S/C28H25N5O4/c34-24-15-21(18-32(24)16-19-9-3-1-4-10-19)26(35)29-30-27(36)25-22-13-7-8-14-23(22)28(37)33(31-25)17-20-11-5-2-6-12-20/h1-14,21H,15-18H2,(H,29,35)(H,30,36)/t21-/m1/s1. The largest absolute Gasteiger partial charge is 0.338 e. The van der Waals surface area contributed by atoms with Crippen LogP contribution in [0.2, 0.25) is 0 Å². The highest BCUT2D eigenvalue weighted by Gasteiger charge is 2.34. The van der Waals surface area contributed by atoms with Gasteiger partial charge in [-0.25, -0.2) is 4.68 Å². The van der Waals surface area contributed by atoms with Crippen molar-refractivity contribution >= 4 is 28.5 Å². The van der Waals surface area contributed by atoms with E-state index >= 15 is 0 Å². The lowest BCUT2D eigenvalue weighted by Crippen LogP contribution is -2.45. The van der Waals surface area contributed by atoms with E-state index in [9.17, 15) is 19.2 Å². The topological polar surface area (TPSA) is 113 Å². The fourth-order valence-electron chi connectivity index (χ4n) is 4.45. The Labute approximate surface area is 212 Å². The lowest BCUT2D eigenvalue weighted by atomic mass is 10.1. The van der Waals surface area contributed by atoms with Crippen LogP contribution in [0.3, 0.4) is 0 Å². The van der Waals surface area contributed by atoms with Crippen LogP contribution in [-0.2, 0) is 22.7 Å². The molecule has 37 heavy (non-hydrogen) atoms. The van der Waals surface area contributed by atoms with Crippen LogP contribution < -0.4 is 16.4 Å². The summed E-state index contributed by atoms with van der Waals surface area (Å²) < 4.78 is 1.24. The first-order chi connectivity index (χ1) is 18.0. The van der Waals surface area contributed by atoms with E-state index in [1.807, 2.05) is 60.7 Å². The van der Waals surface area contributed by atoms with Crippen molar-refractivity contribution in [2.45, 2.75) is 19.5 Å². The van der Waals surface area contributed by atoms with E-state index in [-0.39, 0.29) is 36.7 Å². The van der Waals surface area contributed by atoms with Crippen LogP contribution in [0.4, 0.5) is 0 Å². The summed E-state index contributed by atoms with van der Waals surface area (Å²) >= 11 is 0. The molecule has 9 heteroatoms. The van der Waals surface area contributed by atoms with Crippen LogP contribution >= 0.6 is 0 Å². The van der Waals surface area contributed by atoms with Gasteiger partial charge in [-0.2, -0.15) is 5.10 Å². The van der Waals surface area contributed by atoms with Gasteiger partial charge in [0.1, 0.15) is 0 Å². The predicted molar refractivity (Wildman–Crippen MR) is 137 cm³/mol. The second kappa shape index (κ2) is 10.4. The normalized spacial score (nSPS) is 15.1. The monoisotopic (exact) mass is 495 g/mol. The number of likely N-dealkylation sites (tertiary alicyclic amines) is 1. The second-order valence-electron chi connectivity index (χ2n) is 8.95. The van der Waals surface area contributed by atoms with Gasteiger partial charge in [0.05, 0.1) is 17.8 Å². The molecule has 1 aromatic heterocycles. The highest BCUT2D eigenvalue weighted by atomic mass is 16.2. The molecule has 4 aromatic rings. The van der Waals surface area contributed by atoms with Crippen molar-refractivity contribution < 1.29 is 14.4 Å². The van der Waals surface area contributed by atoms with Crippen molar-refractivity contribution in [2.75, 3.05) is 6.54 Å². The predicted octanol–water partition coefficient (Wildman–Crippen LogP) is 2.25. The number of rotatable bonds is 6. The molecule has 0 radical (unpaired) electrons. The molecular weight excluding hydrogens is 470 g/mol. The molecule has 186 valence electrons. The summed E-state index contributed by atoms with van der Waals surface area (Å²) in [4.78, 5) is 52.9. The first kappa shape index (κ1) is 23.9. The van der Waals surface area contributed by atoms with E-state index in [1.54, 1.807) is 29.2 Å². The molecule has 9 nitrogen and oxygen atoms in total. The fourth-order valence-corrected chi connectivity index (χ4v) is 4.45. The lowest BCUT2D eigenvalue weighted by Gasteiger charge is -2.17. The van der Waals surface area contributed by atoms with Crippen molar-refractivity contribution in [1.82, 2.24) is 25.5 Å². The molecule has 0 unspecified atom stereocenters. The van der Waals surface area contributed by atoms with Crippen LogP contribution in [0.25, 0.3) is 10.8 Å². The number of hydrazine groups is 1. The van der Waals surface area contributed by atoms with Gasteiger partial charge in [0, 0.05) is 24.9 Å². The second-order valence-corrected chi connectivity index (χ2v) is 8.95. The van der Waals surface area contributed by atoms with Crippen molar-refractivity contribution in [3.05, 3.63) is 112 Å². The molecule has 3 aromatic carbocycles. The number of nitrogens with zero attached hydrogens (tertiary/aromatic N) is 3. The smallest absolute Gasteiger partial charge is 0.290 e. The van der Waals surface area contributed by atoms with Gasteiger partial charge in [-0.3, -0.25) is 30.0 Å². The average Bonchev–Trinajstić information content (AvgIpc) is 3.29. The number of fused-ring (bicyclic) bond motifs is 1. The third kappa shape index (κ3) is 5.25. The van der Waals surface area contributed by atoms with Gasteiger partial charge in [-0.05, 0) is 17.2 Å². The minimum Gasteiger partial charge on any atom is -0.338 e.